The molecule has 0 aliphatic heterocycles. The summed E-state index contributed by atoms with van der Waals surface area (Å²) in [5.74, 6) is 0. The third-order valence-electron chi connectivity index (χ3n) is 4.18. The summed E-state index contributed by atoms with van der Waals surface area (Å²) in [7, 11) is 2.35. The lowest BCUT2D eigenvalue weighted by Crippen LogP contribution is -2.34. The molecule has 0 rings (SSSR count). The predicted octanol–water partition coefficient (Wildman–Crippen LogP) is 4.56. The van der Waals surface area contributed by atoms with Gasteiger partial charge in [0.1, 0.15) is 7.28 Å². The van der Waals surface area contributed by atoms with E-state index in [2.05, 4.69) is 62.6 Å². The topological polar surface area (TPSA) is 9.23 Å². The standard InChI is InChI=1S/C14H30BO/c1-9-14(7,15-8)13(5,6)10-11-16-12(2,3)4/h9-11H2,1-8H3. The molecular weight excluding hydrogens is 195 g/mol. The van der Waals surface area contributed by atoms with Crippen molar-refractivity contribution in [3.05, 3.63) is 0 Å². The van der Waals surface area contributed by atoms with Crippen molar-refractivity contribution in [2.75, 3.05) is 6.61 Å². The molecule has 0 aromatic heterocycles. The summed E-state index contributed by atoms with van der Waals surface area (Å²) in [6.45, 7) is 18.7. The van der Waals surface area contributed by atoms with Crippen LogP contribution in [0.3, 0.4) is 0 Å². The molecule has 1 atom stereocenters. The Morgan fingerprint density at radius 1 is 1.00 bits per heavy atom. The molecule has 0 N–H and O–H groups in total. The van der Waals surface area contributed by atoms with Gasteiger partial charge in [-0.1, -0.05) is 46.3 Å². The molecule has 0 amide bonds. The van der Waals surface area contributed by atoms with Crippen molar-refractivity contribution >= 4 is 7.28 Å². The Morgan fingerprint density at radius 3 is 1.81 bits per heavy atom. The molecular formula is C14H30BO. The molecule has 0 bridgehead atoms. The lowest BCUT2D eigenvalue weighted by Gasteiger charge is -2.44. The maximum absolute atomic E-state index is 5.84. The summed E-state index contributed by atoms with van der Waals surface area (Å²) in [4.78, 5) is 0. The summed E-state index contributed by atoms with van der Waals surface area (Å²) in [5, 5.41) is 0.300. The summed E-state index contributed by atoms with van der Waals surface area (Å²) in [6, 6.07) is 0. The Kier molecular flexibility index (Phi) is 5.58. The second-order valence-corrected chi connectivity index (χ2v) is 6.65. The van der Waals surface area contributed by atoms with Crippen LogP contribution in [0.5, 0.6) is 0 Å². The first kappa shape index (κ1) is 16.0. The molecule has 0 spiro atoms. The normalized spacial score (nSPS) is 17.0. The number of ether oxygens (including phenoxy) is 1. The van der Waals surface area contributed by atoms with Gasteiger partial charge in [0.05, 0.1) is 5.60 Å². The van der Waals surface area contributed by atoms with Gasteiger partial charge < -0.3 is 4.74 Å². The first-order valence-corrected chi connectivity index (χ1v) is 6.52. The molecule has 0 heterocycles. The first-order valence-electron chi connectivity index (χ1n) is 6.52. The van der Waals surface area contributed by atoms with Crippen molar-refractivity contribution in [2.45, 2.75) is 79.0 Å². The number of hydrogen-bond acceptors (Lipinski definition) is 1. The van der Waals surface area contributed by atoms with Crippen molar-refractivity contribution in [3.8, 4) is 0 Å². The molecule has 0 saturated carbocycles. The second-order valence-electron chi connectivity index (χ2n) is 6.65. The van der Waals surface area contributed by atoms with E-state index in [-0.39, 0.29) is 5.60 Å². The van der Waals surface area contributed by atoms with Crippen LogP contribution in [0, 0.1) is 5.41 Å². The van der Waals surface area contributed by atoms with Gasteiger partial charge >= 0.3 is 0 Å². The maximum atomic E-state index is 5.84. The average Bonchev–Trinajstić information content (AvgIpc) is 2.13. The quantitative estimate of drug-likeness (QED) is 0.602. The highest BCUT2D eigenvalue weighted by Crippen LogP contribution is 2.49. The van der Waals surface area contributed by atoms with Gasteiger partial charge in [-0.3, -0.25) is 0 Å². The van der Waals surface area contributed by atoms with Crippen molar-refractivity contribution < 1.29 is 4.74 Å². The molecule has 0 saturated heterocycles. The first-order chi connectivity index (χ1) is 7.08. The third kappa shape index (κ3) is 4.49. The highest BCUT2D eigenvalue weighted by atomic mass is 16.5. The van der Waals surface area contributed by atoms with Crippen LogP contribution >= 0.6 is 0 Å². The van der Waals surface area contributed by atoms with E-state index in [0.29, 0.717) is 10.7 Å². The summed E-state index contributed by atoms with van der Waals surface area (Å²) in [5.41, 5.74) is 0.274. The van der Waals surface area contributed by atoms with Crippen LogP contribution in [-0.2, 0) is 4.74 Å². The fraction of sp³-hybridized carbons (Fsp3) is 1.00. The highest BCUT2D eigenvalue weighted by molar-refractivity contribution is 6.38. The highest BCUT2D eigenvalue weighted by Gasteiger charge is 2.37. The Morgan fingerprint density at radius 2 is 1.50 bits per heavy atom. The van der Waals surface area contributed by atoms with Gasteiger partial charge in [-0.15, -0.1) is 0 Å². The average molecular weight is 225 g/mol. The monoisotopic (exact) mass is 225 g/mol. The van der Waals surface area contributed by atoms with Gasteiger partial charge in [-0.25, -0.2) is 0 Å². The van der Waals surface area contributed by atoms with E-state index in [4.69, 9.17) is 4.74 Å². The fourth-order valence-corrected chi connectivity index (χ4v) is 1.97. The summed E-state index contributed by atoms with van der Waals surface area (Å²) < 4.78 is 5.84. The van der Waals surface area contributed by atoms with Gasteiger partial charge in [0.15, 0.2) is 0 Å². The fourth-order valence-electron chi connectivity index (χ4n) is 1.97. The molecule has 1 nitrogen and oxygen atoms in total. The van der Waals surface area contributed by atoms with Gasteiger partial charge in [0, 0.05) is 6.61 Å². The van der Waals surface area contributed by atoms with Crippen LogP contribution in [-0.4, -0.2) is 19.5 Å². The lowest BCUT2D eigenvalue weighted by molar-refractivity contribution is -0.0200. The van der Waals surface area contributed by atoms with Crippen LogP contribution in [0.4, 0.5) is 0 Å². The largest absolute Gasteiger partial charge is 0.376 e. The van der Waals surface area contributed by atoms with Gasteiger partial charge in [0.2, 0.25) is 0 Å². The van der Waals surface area contributed by atoms with E-state index in [1.165, 1.54) is 6.42 Å². The van der Waals surface area contributed by atoms with E-state index >= 15 is 0 Å². The van der Waals surface area contributed by atoms with E-state index in [1.54, 1.807) is 0 Å². The van der Waals surface area contributed by atoms with Crippen molar-refractivity contribution in [1.82, 2.24) is 0 Å². The molecule has 2 heteroatoms. The van der Waals surface area contributed by atoms with Gasteiger partial charge in [-0.2, -0.15) is 0 Å². The Hall–Kier alpha value is 0.0249. The summed E-state index contributed by atoms with van der Waals surface area (Å²) >= 11 is 0. The minimum absolute atomic E-state index is 0.0192. The molecule has 0 aliphatic rings. The second kappa shape index (κ2) is 5.57. The van der Waals surface area contributed by atoms with E-state index in [9.17, 15) is 0 Å². The smallest absolute Gasteiger partial charge is 0.114 e. The molecule has 1 unspecified atom stereocenters. The zero-order valence-electron chi connectivity index (χ0n) is 12.6. The van der Waals surface area contributed by atoms with Crippen LogP contribution in [0.2, 0.25) is 12.1 Å². The zero-order valence-corrected chi connectivity index (χ0v) is 12.6. The number of rotatable bonds is 6. The number of hydrogen-bond donors (Lipinski definition) is 0. The van der Waals surface area contributed by atoms with Crippen molar-refractivity contribution in [2.24, 2.45) is 5.41 Å². The summed E-state index contributed by atoms with van der Waals surface area (Å²) in [6.07, 6.45) is 2.30. The van der Waals surface area contributed by atoms with E-state index in [0.717, 1.165) is 13.0 Å². The Balaban J connectivity index is 4.34. The van der Waals surface area contributed by atoms with Gasteiger partial charge in [-0.05, 0) is 32.6 Å². The van der Waals surface area contributed by atoms with E-state index in [1.807, 2.05) is 0 Å². The van der Waals surface area contributed by atoms with Crippen LogP contribution < -0.4 is 0 Å². The van der Waals surface area contributed by atoms with Crippen molar-refractivity contribution in [3.63, 3.8) is 0 Å². The predicted molar refractivity (Wildman–Crippen MR) is 74.4 cm³/mol. The lowest BCUT2D eigenvalue weighted by atomic mass is 9.43. The molecule has 95 valence electrons. The van der Waals surface area contributed by atoms with Crippen LogP contribution in [0.25, 0.3) is 0 Å². The Bertz CT molecular complexity index is 199. The van der Waals surface area contributed by atoms with E-state index < -0.39 is 0 Å². The zero-order chi connectivity index (χ0) is 13.0. The molecule has 0 fully saturated rings. The Labute approximate surface area is 104 Å². The van der Waals surface area contributed by atoms with Crippen LogP contribution in [0.15, 0.2) is 0 Å². The molecule has 0 aliphatic carbocycles. The maximum Gasteiger partial charge on any atom is 0.114 e. The van der Waals surface area contributed by atoms with Crippen LogP contribution in [0.1, 0.15) is 61.3 Å². The molecule has 0 aromatic rings. The molecule has 16 heavy (non-hydrogen) atoms. The van der Waals surface area contributed by atoms with Crippen molar-refractivity contribution in [1.29, 1.82) is 0 Å². The SMILES string of the molecule is C[B]C(C)(CC)C(C)(C)CCOC(C)(C)C. The van der Waals surface area contributed by atoms with Gasteiger partial charge in [0.25, 0.3) is 0 Å². The minimum atomic E-state index is -0.0192. The third-order valence-corrected chi connectivity index (χ3v) is 4.18. The minimum Gasteiger partial charge on any atom is -0.376 e. The molecule has 1 radical (unpaired) electrons. The molecule has 0 aromatic carbocycles.